The van der Waals surface area contributed by atoms with Gasteiger partial charge < -0.3 is 9.84 Å². The van der Waals surface area contributed by atoms with Crippen LogP contribution >= 0.6 is 0 Å². The molecule has 0 saturated carbocycles. The van der Waals surface area contributed by atoms with E-state index in [1.54, 1.807) is 7.05 Å². The second-order valence-electron chi connectivity index (χ2n) is 2.94. The van der Waals surface area contributed by atoms with Crippen LogP contribution in [0.4, 0.5) is 0 Å². The Bertz CT molecular complexity index is 279. The highest BCUT2D eigenvalue weighted by molar-refractivity contribution is 4.99. The predicted molar refractivity (Wildman–Crippen MR) is 38.1 cm³/mol. The highest BCUT2D eigenvalue weighted by Crippen LogP contribution is 2.26. The molecule has 0 radical (unpaired) electrons. The zero-order chi connectivity index (χ0) is 8.60. The number of hydrogen-bond donors (Lipinski definition) is 1. The van der Waals surface area contributed by atoms with Crippen molar-refractivity contribution >= 4 is 0 Å². The van der Waals surface area contributed by atoms with Gasteiger partial charge in [0.1, 0.15) is 0 Å². The molecule has 0 amide bonds. The first-order valence-electron chi connectivity index (χ1n) is 3.75. The molecule has 1 aromatic heterocycles. The molecule has 1 unspecified atom stereocenters. The first kappa shape index (κ1) is 7.63. The molecule has 6 nitrogen and oxygen atoms in total. The molecule has 0 aromatic carbocycles. The molecule has 6 heteroatoms. The smallest absolute Gasteiger partial charge is 0.208 e. The Hall–Kier alpha value is -1.01. The molecule has 0 spiro atoms. The van der Waals surface area contributed by atoms with E-state index in [2.05, 4.69) is 15.4 Å². The summed E-state index contributed by atoms with van der Waals surface area (Å²) in [6.45, 7) is 0.813. The van der Waals surface area contributed by atoms with Crippen LogP contribution in [-0.2, 0) is 17.4 Å². The van der Waals surface area contributed by atoms with Gasteiger partial charge in [0.05, 0.1) is 20.3 Å². The minimum Gasteiger partial charge on any atom is -0.379 e. The molecule has 1 aromatic rings. The number of tetrazole rings is 1. The first-order chi connectivity index (χ1) is 5.71. The SMILES string of the molecule is Cn1nnc(C2(O)CCOC2)n1. The van der Waals surface area contributed by atoms with Gasteiger partial charge in [-0.2, -0.15) is 4.80 Å². The summed E-state index contributed by atoms with van der Waals surface area (Å²) in [5, 5.41) is 21.2. The van der Waals surface area contributed by atoms with Gasteiger partial charge in [-0.05, 0) is 5.21 Å². The van der Waals surface area contributed by atoms with E-state index in [0.29, 0.717) is 18.9 Å². The summed E-state index contributed by atoms with van der Waals surface area (Å²) in [5.74, 6) is 0.350. The van der Waals surface area contributed by atoms with Crippen molar-refractivity contribution in [2.24, 2.45) is 7.05 Å². The molecule has 12 heavy (non-hydrogen) atoms. The van der Waals surface area contributed by atoms with E-state index in [9.17, 15) is 5.11 Å². The monoisotopic (exact) mass is 170 g/mol. The van der Waals surface area contributed by atoms with Crippen molar-refractivity contribution in [2.75, 3.05) is 13.2 Å². The summed E-state index contributed by atoms with van der Waals surface area (Å²) in [5.41, 5.74) is -1.02. The molecule has 1 fully saturated rings. The minimum absolute atomic E-state index is 0.263. The van der Waals surface area contributed by atoms with Gasteiger partial charge in [-0.3, -0.25) is 0 Å². The third-order valence-electron chi connectivity index (χ3n) is 1.93. The molecule has 66 valence electrons. The summed E-state index contributed by atoms with van der Waals surface area (Å²) in [6.07, 6.45) is 0.540. The largest absolute Gasteiger partial charge is 0.379 e. The summed E-state index contributed by atoms with van der Waals surface area (Å²) in [7, 11) is 1.66. The molecule has 2 heterocycles. The van der Waals surface area contributed by atoms with E-state index < -0.39 is 5.60 Å². The number of hydrogen-bond acceptors (Lipinski definition) is 5. The number of aryl methyl sites for hydroxylation is 1. The van der Waals surface area contributed by atoms with Crippen LogP contribution in [-0.4, -0.2) is 38.5 Å². The van der Waals surface area contributed by atoms with Crippen LogP contribution < -0.4 is 0 Å². The maximum absolute atomic E-state index is 9.87. The fourth-order valence-corrected chi connectivity index (χ4v) is 1.20. The number of nitrogens with zero attached hydrogens (tertiary/aromatic N) is 4. The number of aromatic nitrogens is 4. The quantitative estimate of drug-likeness (QED) is 0.574. The topological polar surface area (TPSA) is 73.1 Å². The van der Waals surface area contributed by atoms with Gasteiger partial charge in [0, 0.05) is 6.42 Å². The maximum atomic E-state index is 9.87. The van der Waals surface area contributed by atoms with Crippen LogP contribution in [0.3, 0.4) is 0 Å². The number of aliphatic hydroxyl groups is 1. The Labute approximate surface area is 69.1 Å². The van der Waals surface area contributed by atoms with E-state index in [-0.39, 0.29) is 6.61 Å². The predicted octanol–water partition coefficient (Wildman–Crippen LogP) is -1.18. The van der Waals surface area contributed by atoms with Gasteiger partial charge >= 0.3 is 0 Å². The molecule has 0 bridgehead atoms. The van der Waals surface area contributed by atoms with Crippen molar-refractivity contribution in [3.63, 3.8) is 0 Å². The average molecular weight is 170 g/mol. The Morgan fingerprint density at radius 3 is 3.00 bits per heavy atom. The zero-order valence-corrected chi connectivity index (χ0v) is 6.77. The second kappa shape index (κ2) is 2.49. The summed E-state index contributed by atoms with van der Waals surface area (Å²) in [6, 6.07) is 0. The van der Waals surface area contributed by atoms with Crippen molar-refractivity contribution < 1.29 is 9.84 Å². The van der Waals surface area contributed by atoms with Crippen LogP contribution in [0.15, 0.2) is 0 Å². The molecule has 1 atom stereocenters. The molecule has 1 N–H and O–H groups in total. The first-order valence-corrected chi connectivity index (χ1v) is 3.75. The lowest BCUT2D eigenvalue weighted by molar-refractivity contribution is 0.0151. The third-order valence-corrected chi connectivity index (χ3v) is 1.93. The van der Waals surface area contributed by atoms with Crippen molar-refractivity contribution in [1.29, 1.82) is 0 Å². The fraction of sp³-hybridized carbons (Fsp3) is 0.833. The molecular formula is C6H10N4O2. The molecule has 1 aliphatic heterocycles. The summed E-state index contributed by atoms with van der Waals surface area (Å²) >= 11 is 0. The van der Waals surface area contributed by atoms with E-state index in [0.717, 1.165) is 0 Å². The van der Waals surface area contributed by atoms with Crippen molar-refractivity contribution in [1.82, 2.24) is 20.2 Å². The Morgan fingerprint density at radius 1 is 1.67 bits per heavy atom. The van der Waals surface area contributed by atoms with Gasteiger partial charge in [0.25, 0.3) is 0 Å². The van der Waals surface area contributed by atoms with E-state index >= 15 is 0 Å². The van der Waals surface area contributed by atoms with Crippen LogP contribution in [0, 0.1) is 0 Å². The highest BCUT2D eigenvalue weighted by atomic mass is 16.5. The highest BCUT2D eigenvalue weighted by Gasteiger charge is 2.38. The van der Waals surface area contributed by atoms with Crippen molar-refractivity contribution in [2.45, 2.75) is 12.0 Å². The number of rotatable bonds is 1. The molecule has 2 rings (SSSR count). The maximum Gasteiger partial charge on any atom is 0.208 e. The van der Waals surface area contributed by atoms with Crippen LogP contribution in [0.1, 0.15) is 12.2 Å². The lowest BCUT2D eigenvalue weighted by atomic mass is 10.0. The van der Waals surface area contributed by atoms with Crippen molar-refractivity contribution in [3.05, 3.63) is 5.82 Å². The van der Waals surface area contributed by atoms with Crippen LogP contribution in [0.5, 0.6) is 0 Å². The molecule has 0 aliphatic carbocycles. The second-order valence-corrected chi connectivity index (χ2v) is 2.94. The van der Waals surface area contributed by atoms with Crippen molar-refractivity contribution in [3.8, 4) is 0 Å². The van der Waals surface area contributed by atoms with Gasteiger partial charge in [-0.1, -0.05) is 0 Å². The van der Waals surface area contributed by atoms with Gasteiger partial charge in [0.15, 0.2) is 5.60 Å². The minimum atomic E-state index is -1.02. The lowest BCUT2D eigenvalue weighted by Gasteiger charge is -2.13. The average Bonchev–Trinajstić information content (AvgIpc) is 2.59. The summed E-state index contributed by atoms with van der Waals surface area (Å²) in [4.78, 5) is 1.33. The molecule has 1 saturated heterocycles. The van der Waals surface area contributed by atoms with E-state index in [4.69, 9.17) is 4.74 Å². The Balaban J connectivity index is 2.28. The molecular weight excluding hydrogens is 160 g/mol. The Morgan fingerprint density at radius 2 is 2.50 bits per heavy atom. The normalized spacial score (nSPS) is 29.5. The van der Waals surface area contributed by atoms with Crippen LogP contribution in [0.25, 0.3) is 0 Å². The fourth-order valence-electron chi connectivity index (χ4n) is 1.20. The van der Waals surface area contributed by atoms with E-state index in [1.807, 2.05) is 0 Å². The summed E-state index contributed by atoms with van der Waals surface area (Å²) < 4.78 is 5.06. The lowest BCUT2D eigenvalue weighted by Crippen LogP contribution is -2.27. The van der Waals surface area contributed by atoms with Gasteiger partial charge in [0.2, 0.25) is 5.82 Å². The number of ether oxygens (including phenoxy) is 1. The standard InChI is InChI=1S/C6H10N4O2/c1-10-8-5(7-9-10)6(11)2-3-12-4-6/h11H,2-4H2,1H3. The van der Waals surface area contributed by atoms with Gasteiger partial charge in [-0.15, -0.1) is 10.2 Å². The van der Waals surface area contributed by atoms with E-state index in [1.165, 1.54) is 4.80 Å². The van der Waals surface area contributed by atoms with Gasteiger partial charge in [-0.25, -0.2) is 0 Å². The van der Waals surface area contributed by atoms with Crippen LogP contribution in [0.2, 0.25) is 0 Å². The third kappa shape index (κ3) is 1.09. The molecule has 1 aliphatic rings. The zero-order valence-electron chi connectivity index (χ0n) is 6.77. The Kier molecular flexibility index (Phi) is 1.59.